The van der Waals surface area contributed by atoms with Crippen molar-refractivity contribution in [2.45, 2.75) is 25.4 Å². The van der Waals surface area contributed by atoms with Gasteiger partial charge in [0, 0.05) is 25.5 Å². The van der Waals surface area contributed by atoms with Crippen molar-refractivity contribution in [2.24, 2.45) is 0 Å². The minimum absolute atomic E-state index is 0.0405. The second-order valence-electron chi connectivity index (χ2n) is 5.60. The van der Waals surface area contributed by atoms with Crippen LogP contribution in [-0.2, 0) is 6.42 Å². The first-order valence-electron chi connectivity index (χ1n) is 7.61. The Bertz CT molecular complexity index is 801. The number of nitrogen functional groups attached to an aromatic ring is 1. The number of H-pyrrole nitrogens is 1. The third-order valence-corrected chi connectivity index (χ3v) is 3.96. The van der Waals surface area contributed by atoms with Gasteiger partial charge in [-0.3, -0.25) is 4.79 Å². The summed E-state index contributed by atoms with van der Waals surface area (Å²) in [5.41, 5.74) is 6.22. The van der Waals surface area contributed by atoms with Crippen LogP contribution in [0.4, 0.5) is 15.9 Å². The number of carbonyl (C=O) groups excluding carboxylic acids is 1. The Labute approximate surface area is 137 Å². The second kappa shape index (κ2) is 6.73. The SMILES string of the molecule is Nc1nccnc1C(=O)Cc1[nH]c(=O)ncc1N1CCC(F)CC1. The van der Waals surface area contributed by atoms with Crippen LogP contribution in [0.25, 0.3) is 0 Å². The number of ketones is 1. The summed E-state index contributed by atoms with van der Waals surface area (Å²) in [5, 5.41) is 0. The van der Waals surface area contributed by atoms with Crippen LogP contribution in [0.2, 0.25) is 0 Å². The molecule has 3 N–H and O–H groups in total. The summed E-state index contributed by atoms with van der Waals surface area (Å²) in [6.07, 6.45) is 4.10. The van der Waals surface area contributed by atoms with Crippen LogP contribution in [-0.4, -0.2) is 45.0 Å². The molecule has 0 aromatic carbocycles. The van der Waals surface area contributed by atoms with Crippen molar-refractivity contribution < 1.29 is 9.18 Å². The van der Waals surface area contributed by atoms with E-state index in [1.165, 1.54) is 18.6 Å². The highest BCUT2D eigenvalue weighted by Crippen LogP contribution is 2.23. The zero-order valence-corrected chi connectivity index (χ0v) is 12.9. The van der Waals surface area contributed by atoms with E-state index in [4.69, 9.17) is 5.73 Å². The number of nitrogens with two attached hydrogens (primary N) is 1. The van der Waals surface area contributed by atoms with Crippen molar-refractivity contribution in [3.05, 3.63) is 40.5 Å². The van der Waals surface area contributed by atoms with Gasteiger partial charge in [-0.2, -0.15) is 4.98 Å². The molecule has 0 atom stereocenters. The quantitative estimate of drug-likeness (QED) is 0.783. The lowest BCUT2D eigenvalue weighted by atomic mass is 10.1. The summed E-state index contributed by atoms with van der Waals surface area (Å²) in [5.74, 6) is -0.317. The van der Waals surface area contributed by atoms with Gasteiger partial charge in [0.2, 0.25) is 0 Å². The molecule has 0 radical (unpaired) electrons. The molecule has 2 aromatic heterocycles. The fraction of sp³-hybridized carbons (Fsp3) is 0.400. The zero-order chi connectivity index (χ0) is 17.1. The van der Waals surface area contributed by atoms with E-state index >= 15 is 0 Å². The second-order valence-corrected chi connectivity index (χ2v) is 5.60. The number of nitrogens with one attached hydrogen (secondary N) is 1. The minimum Gasteiger partial charge on any atom is -0.382 e. The van der Waals surface area contributed by atoms with Crippen LogP contribution >= 0.6 is 0 Å². The minimum atomic E-state index is -0.818. The van der Waals surface area contributed by atoms with Crippen molar-refractivity contribution in [1.82, 2.24) is 19.9 Å². The van der Waals surface area contributed by atoms with Crippen molar-refractivity contribution >= 4 is 17.3 Å². The lowest BCUT2D eigenvalue weighted by Gasteiger charge is -2.31. The molecule has 0 amide bonds. The highest BCUT2D eigenvalue weighted by atomic mass is 19.1. The summed E-state index contributed by atoms with van der Waals surface area (Å²) in [7, 11) is 0. The average Bonchev–Trinajstić information content (AvgIpc) is 2.56. The van der Waals surface area contributed by atoms with Gasteiger partial charge in [0.05, 0.1) is 24.0 Å². The van der Waals surface area contributed by atoms with Gasteiger partial charge in [0.15, 0.2) is 11.6 Å². The topological polar surface area (TPSA) is 118 Å². The predicted molar refractivity (Wildman–Crippen MR) is 85.7 cm³/mol. The Morgan fingerprint density at radius 3 is 2.71 bits per heavy atom. The average molecular weight is 332 g/mol. The molecule has 3 heterocycles. The molecule has 1 saturated heterocycles. The summed E-state index contributed by atoms with van der Waals surface area (Å²) in [4.78, 5) is 40.0. The van der Waals surface area contributed by atoms with Gasteiger partial charge in [-0.05, 0) is 12.8 Å². The molecule has 0 aliphatic carbocycles. The van der Waals surface area contributed by atoms with Crippen molar-refractivity contribution in [3.63, 3.8) is 0 Å². The van der Waals surface area contributed by atoms with E-state index in [-0.39, 0.29) is 23.7 Å². The number of carbonyl (C=O) groups is 1. The fourth-order valence-electron chi connectivity index (χ4n) is 2.73. The van der Waals surface area contributed by atoms with E-state index in [0.29, 0.717) is 37.3 Å². The maximum absolute atomic E-state index is 13.3. The Morgan fingerprint density at radius 1 is 1.29 bits per heavy atom. The van der Waals surface area contributed by atoms with E-state index in [9.17, 15) is 14.0 Å². The van der Waals surface area contributed by atoms with E-state index in [2.05, 4.69) is 19.9 Å². The van der Waals surface area contributed by atoms with E-state index in [0.717, 1.165) is 0 Å². The molecule has 8 nitrogen and oxygen atoms in total. The number of piperidine rings is 1. The maximum atomic E-state index is 13.3. The largest absolute Gasteiger partial charge is 0.382 e. The van der Waals surface area contributed by atoms with Gasteiger partial charge in [-0.15, -0.1) is 0 Å². The Hall–Kier alpha value is -2.84. The molecule has 126 valence electrons. The molecule has 0 saturated carbocycles. The Kier molecular flexibility index (Phi) is 4.50. The fourth-order valence-corrected chi connectivity index (χ4v) is 2.73. The predicted octanol–water partition coefficient (Wildman–Crippen LogP) is 0.506. The molecule has 1 aliphatic rings. The number of alkyl halides is 1. The zero-order valence-electron chi connectivity index (χ0n) is 12.9. The van der Waals surface area contributed by atoms with Crippen LogP contribution < -0.4 is 16.3 Å². The van der Waals surface area contributed by atoms with E-state index in [1.807, 2.05) is 4.90 Å². The monoisotopic (exact) mass is 332 g/mol. The van der Waals surface area contributed by atoms with E-state index < -0.39 is 11.9 Å². The van der Waals surface area contributed by atoms with Gasteiger partial charge in [-0.25, -0.2) is 19.2 Å². The molecule has 9 heteroatoms. The number of aromatic amines is 1. The Balaban J connectivity index is 1.87. The van der Waals surface area contributed by atoms with E-state index in [1.54, 1.807) is 0 Å². The number of Topliss-reactive ketones (excluding diaryl/α,β-unsaturated/α-hetero) is 1. The first-order chi connectivity index (χ1) is 11.5. The summed E-state index contributed by atoms with van der Waals surface area (Å²) < 4.78 is 13.3. The number of aromatic nitrogens is 4. The molecule has 1 fully saturated rings. The van der Waals surface area contributed by atoms with Crippen LogP contribution in [0.3, 0.4) is 0 Å². The lowest BCUT2D eigenvalue weighted by Crippen LogP contribution is -2.36. The van der Waals surface area contributed by atoms with Crippen LogP contribution in [0.5, 0.6) is 0 Å². The first-order valence-corrected chi connectivity index (χ1v) is 7.61. The molecule has 0 bridgehead atoms. The van der Waals surface area contributed by atoms with Gasteiger partial charge in [0.1, 0.15) is 11.9 Å². The lowest BCUT2D eigenvalue weighted by molar-refractivity contribution is 0.0987. The summed E-state index contributed by atoms with van der Waals surface area (Å²) in [6, 6.07) is 0. The van der Waals surface area contributed by atoms with Gasteiger partial charge in [-0.1, -0.05) is 0 Å². The molecule has 24 heavy (non-hydrogen) atoms. The number of halogens is 1. The first kappa shape index (κ1) is 16.0. The van der Waals surface area contributed by atoms with Crippen LogP contribution in [0.1, 0.15) is 29.0 Å². The normalized spacial score (nSPS) is 15.5. The molecule has 2 aromatic rings. The highest BCUT2D eigenvalue weighted by molar-refractivity contribution is 5.99. The number of hydrogen-bond donors (Lipinski definition) is 2. The van der Waals surface area contributed by atoms with Crippen LogP contribution in [0, 0.1) is 0 Å². The van der Waals surface area contributed by atoms with Crippen LogP contribution in [0.15, 0.2) is 23.4 Å². The number of nitrogens with zero attached hydrogens (tertiary/aromatic N) is 4. The van der Waals surface area contributed by atoms with Gasteiger partial charge < -0.3 is 15.6 Å². The van der Waals surface area contributed by atoms with Gasteiger partial charge >= 0.3 is 5.69 Å². The smallest absolute Gasteiger partial charge is 0.345 e. The maximum Gasteiger partial charge on any atom is 0.345 e. The number of rotatable bonds is 4. The number of anilines is 2. The number of hydrogen-bond acceptors (Lipinski definition) is 7. The molecular formula is C15H17FN6O2. The Morgan fingerprint density at radius 2 is 2.00 bits per heavy atom. The van der Waals surface area contributed by atoms with Crippen molar-refractivity contribution in [1.29, 1.82) is 0 Å². The summed E-state index contributed by atoms with van der Waals surface area (Å²) >= 11 is 0. The molecular weight excluding hydrogens is 315 g/mol. The van der Waals surface area contributed by atoms with Gasteiger partial charge in [0.25, 0.3) is 0 Å². The molecule has 1 aliphatic heterocycles. The molecule has 3 rings (SSSR count). The standard InChI is InChI=1S/C15H17FN6O2/c16-9-1-5-22(6-2-9)11-8-20-15(24)21-10(11)7-12(23)13-14(17)19-4-3-18-13/h3-4,8-9H,1-2,5-7H2,(H2,17,19)(H,20,21,24). The molecule has 0 spiro atoms. The van der Waals surface area contributed by atoms with Crippen molar-refractivity contribution in [3.8, 4) is 0 Å². The highest BCUT2D eigenvalue weighted by Gasteiger charge is 2.23. The third-order valence-electron chi connectivity index (χ3n) is 3.96. The van der Waals surface area contributed by atoms with Crippen molar-refractivity contribution in [2.75, 3.05) is 23.7 Å². The third kappa shape index (κ3) is 3.39. The molecule has 0 unspecified atom stereocenters. The summed E-state index contributed by atoms with van der Waals surface area (Å²) in [6.45, 7) is 1.01.